The van der Waals surface area contributed by atoms with Crippen LogP contribution < -0.4 is 15.8 Å². The van der Waals surface area contributed by atoms with Crippen molar-refractivity contribution in [1.82, 2.24) is 9.97 Å². The number of nitrogens with zero attached hydrogens (tertiary/aromatic N) is 3. The molecule has 0 aliphatic carbocycles. The molecule has 38 heavy (non-hydrogen) atoms. The van der Waals surface area contributed by atoms with E-state index in [1.807, 2.05) is 0 Å². The van der Waals surface area contributed by atoms with Crippen LogP contribution in [0.3, 0.4) is 0 Å². The molecule has 3 rings (SSSR count). The lowest BCUT2D eigenvalue weighted by Gasteiger charge is -2.35. The Morgan fingerprint density at radius 1 is 1.21 bits per heavy atom. The Morgan fingerprint density at radius 2 is 1.84 bits per heavy atom. The van der Waals surface area contributed by atoms with E-state index in [-0.39, 0.29) is 17.3 Å². The number of hydrogen-bond acceptors (Lipinski definition) is 8. The van der Waals surface area contributed by atoms with Gasteiger partial charge in [-0.2, -0.15) is 26.3 Å². The Morgan fingerprint density at radius 3 is 2.34 bits per heavy atom. The average molecular weight is 559 g/mol. The molecule has 0 radical (unpaired) electrons. The van der Waals surface area contributed by atoms with E-state index >= 15 is 0 Å². The number of amides is 1. The SMILES string of the molecule is C[C@@]1(c2nc(NC(=O)c3ccc(OCF)cn3)ccc2F)C[C@@H](C(F)(F)F)OC(N)=N1.O=C(O)C(F)(F)F. The van der Waals surface area contributed by atoms with Gasteiger partial charge in [-0.05, 0) is 31.2 Å². The van der Waals surface area contributed by atoms with Crippen LogP contribution in [0.15, 0.2) is 35.5 Å². The Bertz CT molecular complexity index is 1190. The molecule has 3 heterocycles. The summed E-state index contributed by atoms with van der Waals surface area (Å²) in [7, 11) is 0. The zero-order chi connectivity index (χ0) is 28.9. The van der Waals surface area contributed by atoms with Crippen LogP contribution in [0.1, 0.15) is 29.5 Å². The fraction of sp³-hybridized carbons (Fsp3) is 0.350. The van der Waals surface area contributed by atoms with Gasteiger partial charge in [0, 0.05) is 6.42 Å². The Kier molecular flexibility index (Phi) is 9.01. The second-order valence-electron chi connectivity index (χ2n) is 7.49. The molecule has 2 aromatic heterocycles. The van der Waals surface area contributed by atoms with Gasteiger partial charge in [0.2, 0.25) is 6.86 Å². The number of aliphatic imine (C=N–C) groups is 1. The molecule has 2 aromatic rings. The van der Waals surface area contributed by atoms with E-state index in [9.17, 15) is 39.9 Å². The maximum absolute atomic E-state index is 14.5. The zero-order valence-corrected chi connectivity index (χ0v) is 18.9. The van der Waals surface area contributed by atoms with Crippen molar-refractivity contribution in [1.29, 1.82) is 0 Å². The summed E-state index contributed by atoms with van der Waals surface area (Å²) < 4.78 is 107. The number of nitrogens with one attached hydrogen (secondary N) is 1. The average Bonchev–Trinajstić information content (AvgIpc) is 2.79. The molecule has 208 valence electrons. The van der Waals surface area contributed by atoms with Crippen molar-refractivity contribution in [3.05, 3.63) is 47.7 Å². The minimum atomic E-state index is -5.08. The number of alkyl halides is 7. The largest absolute Gasteiger partial charge is 0.490 e. The van der Waals surface area contributed by atoms with Crippen molar-refractivity contribution in [2.24, 2.45) is 10.7 Å². The van der Waals surface area contributed by atoms with Crippen molar-refractivity contribution in [3.8, 4) is 5.75 Å². The number of aromatic nitrogens is 2. The molecule has 10 nitrogen and oxygen atoms in total. The predicted molar refractivity (Wildman–Crippen MR) is 111 cm³/mol. The molecular formula is C20H17F8N5O5. The summed E-state index contributed by atoms with van der Waals surface area (Å²) in [6.45, 7) is 0.158. The van der Waals surface area contributed by atoms with Gasteiger partial charge in [-0.15, -0.1) is 0 Å². The molecule has 2 atom stereocenters. The Balaban J connectivity index is 0.000000638. The number of carboxylic acids is 1. The van der Waals surface area contributed by atoms with Crippen LogP contribution in [0, 0.1) is 5.82 Å². The number of nitrogens with two attached hydrogens (primary N) is 1. The summed E-state index contributed by atoms with van der Waals surface area (Å²) in [6, 6.07) is 3.85. The third kappa shape index (κ3) is 7.87. The molecule has 1 aliphatic rings. The number of rotatable bonds is 5. The molecule has 0 bridgehead atoms. The number of amidine groups is 1. The molecule has 0 aromatic carbocycles. The minimum Gasteiger partial charge on any atom is -0.475 e. The third-order valence-corrected chi connectivity index (χ3v) is 4.60. The number of hydrogen-bond donors (Lipinski definition) is 3. The van der Waals surface area contributed by atoms with Gasteiger partial charge >= 0.3 is 18.3 Å². The van der Waals surface area contributed by atoms with E-state index in [1.54, 1.807) is 0 Å². The Labute approximate surface area is 207 Å². The van der Waals surface area contributed by atoms with Crippen LogP contribution in [0.2, 0.25) is 0 Å². The maximum atomic E-state index is 14.5. The van der Waals surface area contributed by atoms with Gasteiger partial charge in [-0.1, -0.05) is 0 Å². The van der Waals surface area contributed by atoms with Crippen molar-refractivity contribution in [2.45, 2.75) is 37.3 Å². The minimum absolute atomic E-state index is 0.0874. The van der Waals surface area contributed by atoms with E-state index in [1.165, 1.54) is 19.1 Å². The van der Waals surface area contributed by atoms with E-state index in [4.69, 9.17) is 15.6 Å². The number of carboxylic acid groups (broad SMARTS) is 1. The van der Waals surface area contributed by atoms with Crippen LogP contribution in [-0.4, -0.2) is 58.3 Å². The molecule has 0 fully saturated rings. The molecule has 0 saturated heterocycles. The first kappa shape index (κ1) is 30.0. The van der Waals surface area contributed by atoms with Crippen molar-refractivity contribution in [2.75, 3.05) is 12.2 Å². The summed E-state index contributed by atoms with van der Waals surface area (Å²) in [5.74, 6) is -4.50. The smallest absolute Gasteiger partial charge is 0.475 e. The first-order valence-corrected chi connectivity index (χ1v) is 9.98. The monoisotopic (exact) mass is 559 g/mol. The fourth-order valence-corrected chi connectivity index (χ4v) is 2.93. The van der Waals surface area contributed by atoms with Crippen LogP contribution in [0.5, 0.6) is 5.75 Å². The Hall–Kier alpha value is -4.25. The van der Waals surface area contributed by atoms with Gasteiger partial charge in [-0.25, -0.2) is 28.5 Å². The summed E-state index contributed by atoms with van der Waals surface area (Å²) in [5, 5.41) is 9.48. The standard InChI is InChI=1S/C18H16F5N5O3.C2HF3O2/c1-17(6-12(18(21,22)23)31-16(24)28-17)14-10(20)3-5-13(26-14)27-15(29)11-4-2-9(7-25-11)30-8-19;3-2(4,5)1(6)7/h2-5,7,12H,6,8H2,1H3,(H2,24,28)(H,26,27,29);(H,6,7)/t12-,17-;/m0./s1. The van der Waals surface area contributed by atoms with E-state index in [0.717, 1.165) is 18.3 Å². The highest BCUT2D eigenvalue weighted by atomic mass is 19.4. The summed E-state index contributed by atoms with van der Waals surface area (Å²) in [4.78, 5) is 32.8. The lowest BCUT2D eigenvalue weighted by Crippen LogP contribution is -2.46. The molecule has 18 heteroatoms. The highest BCUT2D eigenvalue weighted by Gasteiger charge is 2.50. The molecule has 0 saturated carbocycles. The number of anilines is 1. The second-order valence-corrected chi connectivity index (χ2v) is 7.49. The van der Waals surface area contributed by atoms with Crippen LogP contribution >= 0.6 is 0 Å². The number of carbonyl (C=O) groups is 2. The van der Waals surface area contributed by atoms with Gasteiger partial charge < -0.3 is 25.6 Å². The number of aliphatic carboxylic acids is 1. The fourth-order valence-electron chi connectivity index (χ4n) is 2.93. The first-order chi connectivity index (χ1) is 17.5. The normalized spacial score (nSPS) is 19.3. The third-order valence-electron chi connectivity index (χ3n) is 4.60. The van der Waals surface area contributed by atoms with E-state index < -0.39 is 66.7 Å². The van der Waals surface area contributed by atoms with Gasteiger partial charge in [-0.3, -0.25) is 4.79 Å². The highest BCUT2D eigenvalue weighted by Crippen LogP contribution is 2.40. The number of pyridine rings is 2. The van der Waals surface area contributed by atoms with E-state index in [0.29, 0.717) is 0 Å². The molecule has 1 amide bonds. The van der Waals surface area contributed by atoms with Gasteiger partial charge in [0.05, 0.1) is 6.20 Å². The van der Waals surface area contributed by atoms with Gasteiger partial charge in [0.1, 0.15) is 34.3 Å². The zero-order valence-electron chi connectivity index (χ0n) is 18.9. The number of ether oxygens (including phenoxy) is 2. The molecule has 1 aliphatic heterocycles. The lowest BCUT2D eigenvalue weighted by molar-refractivity contribution is -0.208. The lowest BCUT2D eigenvalue weighted by atomic mass is 9.89. The number of carbonyl (C=O) groups excluding carboxylic acids is 1. The van der Waals surface area contributed by atoms with Gasteiger partial charge in [0.25, 0.3) is 11.9 Å². The topological polar surface area (TPSA) is 149 Å². The second kappa shape index (κ2) is 11.4. The predicted octanol–water partition coefficient (Wildman–Crippen LogP) is 3.69. The van der Waals surface area contributed by atoms with Gasteiger partial charge in [0.15, 0.2) is 6.10 Å². The van der Waals surface area contributed by atoms with Crippen molar-refractivity contribution < 1.29 is 59.3 Å². The van der Waals surface area contributed by atoms with Crippen molar-refractivity contribution in [3.63, 3.8) is 0 Å². The van der Waals surface area contributed by atoms with Crippen molar-refractivity contribution >= 4 is 23.7 Å². The van der Waals surface area contributed by atoms with E-state index in [2.05, 4.69) is 29.8 Å². The molecule has 0 unspecified atom stereocenters. The first-order valence-electron chi connectivity index (χ1n) is 9.98. The maximum Gasteiger partial charge on any atom is 0.490 e. The summed E-state index contributed by atoms with van der Waals surface area (Å²) in [6.07, 6.45) is -11.8. The number of halogens is 8. The van der Waals surface area contributed by atoms with Crippen LogP contribution in [0.25, 0.3) is 0 Å². The molecular weight excluding hydrogens is 542 g/mol. The summed E-state index contributed by atoms with van der Waals surface area (Å²) in [5.41, 5.74) is 3.04. The van der Waals surface area contributed by atoms with Crippen LogP contribution in [0.4, 0.5) is 40.9 Å². The molecule has 4 N–H and O–H groups in total. The van der Waals surface area contributed by atoms with Crippen LogP contribution in [-0.2, 0) is 15.1 Å². The summed E-state index contributed by atoms with van der Waals surface area (Å²) >= 11 is 0. The highest BCUT2D eigenvalue weighted by molar-refractivity contribution is 6.02. The molecule has 0 spiro atoms. The quantitative estimate of drug-likeness (QED) is 0.470.